The summed E-state index contributed by atoms with van der Waals surface area (Å²) >= 11 is 4.06. The number of non-ortho nitro benzene ring substituents is 1. The Kier molecular flexibility index (Phi) is 7.99. The van der Waals surface area contributed by atoms with Crippen LogP contribution in [0.4, 0.5) is 20.6 Å². The molecule has 37 heavy (non-hydrogen) atoms. The van der Waals surface area contributed by atoms with Crippen molar-refractivity contribution in [2.45, 2.75) is 6.61 Å². The first kappa shape index (κ1) is 26.0. The molecule has 3 aromatic carbocycles. The summed E-state index contributed by atoms with van der Waals surface area (Å²) in [6.07, 6.45) is 1.49. The number of hydrogen-bond acceptors (Lipinski definition) is 7. The average molecular weight is 586 g/mol. The number of thioether (sulfide) groups is 1. The standard InChI is InChI=1S/C25H17BrFN3O6S/c26-17-6-9-21(36-14-15-4-7-20(8-5-15)30(34)35)16(10-17)11-22-24(32)29(25(33)37-22)13-23(31)28-19-3-1-2-18(27)12-19/h1-12H,13-14H2,(H,28,31)/b22-11+. The van der Waals surface area contributed by atoms with E-state index in [0.29, 0.717) is 33.1 Å². The van der Waals surface area contributed by atoms with Crippen molar-refractivity contribution in [3.05, 3.63) is 103 Å². The molecule has 1 aliphatic rings. The van der Waals surface area contributed by atoms with Crippen LogP contribution < -0.4 is 10.1 Å². The molecule has 1 fully saturated rings. The molecule has 0 saturated carbocycles. The highest BCUT2D eigenvalue weighted by atomic mass is 79.9. The number of hydrogen-bond donors (Lipinski definition) is 1. The number of ether oxygens (including phenoxy) is 1. The molecule has 0 unspecified atom stereocenters. The highest BCUT2D eigenvalue weighted by Crippen LogP contribution is 2.35. The van der Waals surface area contributed by atoms with E-state index in [4.69, 9.17) is 4.74 Å². The maximum Gasteiger partial charge on any atom is 0.294 e. The number of benzene rings is 3. The first-order valence-electron chi connectivity index (χ1n) is 10.7. The van der Waals surface area contributed by atoms with Gasteiger partial charge in [-0.3, -0.25) is 29.4 Å². The van der Waals surface area contributed by atoms with Gasteiger partial charge in [0.05, 0.1) is 9.83 Å². The number of nitrogens with one attached hydrogen (secondary N) is 1. The summed E-state index contributed by atoms with van der Waals surface area (Å²) < 4.78 is 19.9. The number of anilines is 1. The van der Waals surface area contributed by atoms with Gasteiger partial charge in [-0.25, -0.2) is 4.39 Å². The normalized spacial score (nSPS) is 14.2. The molecular formula is C25H17BrFN3O6S. The largest absolute Gasteiger partial charge is 0.488 e. The van der Waals surface area contributed by atoms with Gasteiger partial charge in [-0.05, 0) is 71.9 Å². The van der Waals surface area contributed by atoms with Crippen LogP contribution in [0, 0.1) is 15.9 Å². The molecule has 3 amide bonds. The molecule has 1 heterocycles. The maximum absolute atomic E-state index is 13.3. The van der Waals surface area contributed by atoms with Crippen molar-refractivity contribution >= 4 is 62.2 Å². The van der Waals surface area contributed by atoms with Crippen LogP contribution in [0.1, 0.15) is 11.1 Å². The molecule has 4 rings (SSSR count). The third kappa shape index (κ3) is 6.60. The van der Waals surface area contributed by atoms with Gasteiger partial charge >= 0.3 is 0 Å². The Balaban J connectivity index is 1.47. The molecule has 12 heteroatoms. The maximum atomic E-state index is 13.3. The topological polar surface area (TPSA) is 119 Å². The zero-order chi connectivity index (χ0) is 26.5. The zero-order valence-corrected chi connectivity index (χ0v) is 21.3. The van der Waals surface area contributed by atoms with E-state index < -0.39 is 34.3 Å². The van der Waals surface area contributed by atoms with Crippen LogP contribution in [0.2, 0.25) is 0 Å². The number of carbonyl (C=O) groups excluding carboxylic acids is 3. The quantitative estimate of drug-likeness (QED) is 0.203. The van der Waals surface area contributed by atoms with E-state index in [9.17, 15) is 28.9 Å². The lowest BCUT2D eigenvalue weighted by atomic mass is 10.1. The van der Waals surface area contributed by atoms with Gasteiger partial charge in [0.15, 0.2) is 0 Å². The first-order valence-corrected chi connectivity index (χ1v) is 12.3. The molecule has 1 saturated heterocycles. The fraction of sp³-hybridized carbons (Fsp3) is 0.0800. The van der Waals surface area contributed by atoms with Crippen LogP contribution in [-0.4, -0.2) is 33.4 Å². The number of imide groups is 1. The number of carbonyl (C=O) groups is 3. The van der Waals surface area contributed by atoms with Gasteiger partial charge in [-0.15, -0.1) is 0 Å². The lowest BCUT2D eigenvalue weighted by Crippen LogP contribution is -2.36. The summed E-state index contributed by atoms with van der Waals surface area (Å²) in [5.41, 5.74) is 1.37. The third-order valence-corrected chi connectivity index (χ3v) is 6.48. The van der Waals surface area contributed by atoms with E-state index in [1.54, 1.807) is 30.3 Å². The summed E-state index contributed by atoms with van der Waals surface area (Å²) in [4.78, 5) is 48.9. The molecule has 0 spiro atoms. The van der Waals surface area contributed by atoms with E-state index in [2.05, 4.69) is 21.2 Å². The van der Waals surface area contributed by atoms with Crippen molar-refractivity contribution in [1.82, 2.24) is 4.90 Å². The van der Waals surface area contributed by atoms with Crippen molar-refractivity contribution in [3.8, 4) is 5.75 Å². The fourth-order valence-corrected chi connectivity index (χ4v) is 4.53. The van der Waals surface area contributed by atoms with Gasteiger partial charge in [0.2, 0.25) is 5.91 Å². The Hall–Kier alpha value is -4.03. The van der Waals surface area contributed by atoms with E-state index in [1.807, 2.05) is 0 Å². The Morgan fingerprint density at radius 3 is 2.59 bits per heavy atom. The van der Waals surface area contributed by atoms with Crippen molar-refractivity contribution in [3.63, 3.8) is 0 Å². The van der Waals surface area contributed by atoms with Crippen LogP contribution in [0.3, 0.4) is 0 Å². The summed E-state index contributed by atoms with van der Waals surface area (Å²) in [5.74, 6) is -1.42. The summed E-state index contributed by atoms with van der Waals surface area (Å²) in [5, 5.41) is 12.7. The molecule has 0 radical (unpaired) electrons. The Morgan fingerprint density at radius 1 is 1.14 bits per heavy atom. The van der Waals surface area contributed by atoms with Gasteiger partial charge in [-0.1, -0.05) is 22.0 Å². The molecule has 1 N–H and O–H groups in total. The minimum atomic E-state index is -0.649. The molecule has 188 valence electrons. The molecule has 0 bridgehead atoms. The Labute approximate surface area is 222 Å². The van der Waals surface area contributed by atoms with Crippen molar-refractivity contribution in [2.75, 3.05) is 11.9 Å². The molecule has 1 aliphatic heterocycles. The molecule has 9 nitrogen and oxygen atoms in total. The lowest BCUT2D eigenvalue weighted by molar-refractivity contribution is -0.384. The monoisotopic (exact) mass is 585 g/mol. The number of nitro benzene ring substituents is 1. The first-order chi connectivity index (χ1) is 17.7. The van der Waals surface area contributed by atoms with E-state index in [0.717, 1.165) is 11.0 Å². The zero-order valence-electron chi connectivity index (χ0n) is 18.9. The number of nitrogens with zero attached hydrogens (tertiary/aromatic N) is 2. The summed E-state index contributed by atoms with van der Waals surface area (Å²) in [6, 6.07) is 16.3. The molecule has 3 aromatic rings. The Morgan fingerprint density at radius 2 is 1.89 bits per heavy atom. The van der Waals surface area contributed by atoms with Gasteiger partial charge in [0.1, 0.15) is 24.7 Å². The third-order valence-electron chi connectivity index (χ3n) is 5.08. The van der Waals surface area contributed by atoms with Crippen LogP contribution in [-0.2, 0) is 16.2 Å². The minimum absolute atomic E-state index is 0.0339. The van der Waals surface area contributed by atoms with Crippen LogP contribution in [0.5, 0.6) is 5.75 Å². The van der Waals surface area contributed by atoms with Gasteiger partial charge in [0, 0.05) is 27.9 Å². The van der Waals surface area contributed by atoms with Crippen molar-refractivity contribution in [2.24, 2.45) is 0 Å². The highest BCUT2D eigenvalue weighted by molar-refractivity contribution is 9.10. The lowest BCUT2D eigenvalue weighted by Gasteiger charge is -2.13. The second kappa shape index (κ2) is 11.4. The van der Waals surface area contributed by atoms with Crippen molar-refractivity contribution < 1.29 is 28.4 Å². The number of amides is 3. The van der Waals surface area contributed by atoms with Crippen LogP contribution in [0.15, 0.2) is 76.1 Å². The second-order valence-electron chi connectivity index (χ2n) is 7.72. The molecule has 0 aromatic heterocycles. The second-order valence-corrected chi connectivity index (χ2v) is 9.63. The predicted molar refractivity (Wildman–Crippen MR) is 139 cm³/mol. The van der Waals surface area contributed by atoms with E-state index in [-0.39, 0.29) is 22.9 Å². The molecular weight excluding hydrogens is 569 g/mol. The number of halogens is 2. The SMILES string of the molecule is O=C(CN1C(=O)S/C(=C/c2cc(Br)ccc2OCc2ccc([N+](=O)[O-])cc2)C1=O)Nc1cccc(F)c1. The average Bonchev–Trinajstić information content (AvgIpc) is 3.11. The molecule has 0 atom stereocenters. The Bertz CT molecular complexity index is 1430. The highest BCUT2D eigenvalue weighted by Gasteiger charge is 2.36. The smallest absolute Gasteiger partial charge is 0.294 e. The molecule has 0 aliphatic carbocycles. The minimum Gasteiger partial charge on any atom is -0.488 e. The van der Waals surface area contributed by atoms with Crippen LogP contribution >= 0.6 is 27.7 Å². The van der Waals surface area contributed by atoms with Crippen molar-refractivity contribution in [1.29, 1.82) is 0 Å². The van der Waals surface area contributed by atoms with Gasteiger partial charge < -0.3 is 10.1 Å². The summed E-state index contributed by atoms with van der Waals surface area (Å²) in [6.45, 7) is -0.414. The van der Waals surface area contributed by atoms with Crippen LogP contribution in [0.25, 0.3) is 6.08 Å². The van der Waals surface area contributed by atoms with E-state index >= 15 is 0 Å². The predicted octanol–water partition coefficient (Wildman–Crippen LogP) is 5.75. The number of nitro groups is 1. The number of rotatable bonds is 8. The van der Waals surface area contributed by atoms with E-state index in [1.165, 1.54) is 36.4 Å². The summed E-state index contributed by atoms with van der Waals surface area (Å²) in [7, 11) is 0. The fourth-order valence-electron chi connectivity index (χ4n) is 3.33. The van der Waals surface area contributed by atoms with Gasteiger partial charge in [0.25, 0.3) is 16.8 Å². The van der Waals surface area contributed by atoms with Gasteiger partial charge in [-0.2, -0.15) is 0 Å².